The zero-order chi connectivity index (χ0) is 13.0. The van der Waals surface area contributed by atoms with Crippen molar-refractivity contribution in [3.05, 3.63) is 18.2 Å². The van der Waals surface area contributed by atoms with Crippen LogP contribution >= 0.6 is 0 Å². The van der Waals surface area contributed by atoms with Crippen LogP contribution in [0, 0.1) is 0 Å². The average Bonchev–Trinajstić information content (AvgIpc) is 2.65. The molecule has 0 aliphatic carbocycles. The van der Waals surface area contributed by atoms with Crippen molar-refractivity contribution in [1.82, 2.24) is 9.55 Å². The molecule has 94 valence electrons. The number of hydrogen-bond donors (Lipinski definition) is 4. The Morgan fingerprint density at radius 3 is 2.41 bits per heavy atom. The highest BCUT2D eigenvalue weighted by Gasteiger charge is 2.15. The number of aliphatic carboxylic acids is 2. The minimum Gasteiger partial charge on any atom is -0.480 e. The van der Waals surface area contributed by atoms with E-state index in [2.05, 4.69) is 4.98 Å². The van der Waals surface area contributed by atoms with Crippen molar-refractivity contribution in [3.63, 3.8) is 0 Å². The lowest BCUT2D eigenvalue weighted by Gasteiger charge is -2.06. The Balaban J connectivity index is 2.59. The molecule has 1 heterocycles. The summed E-state index contributed by atoms with van der Waals surface area (Å²) in [7, 11) is 0. The summed E-state index contributed by atoms with van der Waals surface area (Å²) in [5.74, 6) is -2.22. The molecule has 8 nitrogen and oxygen atoms in total. The number of carboxylic acid groups (broad SMARTS) is 2. The second-order valence-corrected chi connectivity index (χ2v) is 3.66. The summed E-state index contributed by atoms with van der Waals surface area (Å²) in [5, 5.41) is 17.2. The minimum absolute atomic E-state index is 0.0741. The van der Waals surface area contributed by atoms with Crippen molar-refractivity contribution >= 4 is 11.9 Å². The van der Waals surface area contributed by atoms with E-state index in [9.17, 15) is 9.59 Å². The largest absolute Gasteiger partial charge is 0.480 e. The first-order chi connectivity index (χ1) is 7.90. The molecule has 1 aromatic heterocycles. The van der Waals surface area contributed by atoms with Gasteiger partial charge >= 0.3 is 11.9 Å². The first kappa shape index (κ1) is 13.1. The lowest BCUT2D eigenvalue weighted by Crippen LogP contribution is -2.34. The third-order valence-electron chi connectivity index (χ3n) is 2.16. The van der Waals surface area contributed by atoms with Gasteiger partial charge in [-0.1, -0.05) is 0 Å². The monoisotopic (exact) mass is 242 g/mol. The first-order valence-electron chi connectivity index (χ1n) is 4.87. The van der Waals surface area contributed by atoms with E-state index in [1.165, 1.54) is 17.1 Å². The van der Waals surface area contributed by atoms with Gasteiger partial charge in [0, 0.05) is 19.2 Å². The van der Waals surface area contributed by atoms with E-state index in [-0.39, 0.29) is 13.0 Å². The highest BCUT2D eigenvalue weighted by atomic mass is 16.4. The lowest BCUT2D eigenvalue weighted by atomic mass is 10.2. The maximum atomic E-state index is 10.5. The first-order valence-corrected chi connectivity index (χ1v) is 4.87. The Morgan fingerprint density at radius 1 is 1.29 bits per heavy atom. The fourth-order valence-electron chi connectivity index (χ4n) is 1.23. The normalized spacial score (nSPS) is 14.2. The van der Waals surface area contributed by atoms with E-state index in [4.69, 9.17) is 21.7 Å². The molecule has 0 fully saturated rings. The molecule has 8 heteroatoms. The van der Waals surface area contributed by atoms with Crippen LogP contribution < -0.4 is 11.5 Å². The van der Waals surface area contributed by atoms with Gasteiger partial charge in [0.2, 0.25) is 0 Å². The molecule has 0 aliphatic heterocycles. The van der Waals surface area contributed by atoms with Crippen molar-refractivity contribution in [2.75, 3.05) is 0 Å². The van der Waals surface area contributed by atoms with Gasteiger partial charge in [-0.3, -0.25) is 9.59 Å². The Kier molecular flexibility index (Phi) is 4.18. The Morgan fingerprint density at radius 2 is 1.88 bits per heavy atom. The molecule has 0 aliphatic rings. The van der Waals surface area contributed by atoms with Gasteiger partial charge < -0.3 is 26.2 Å². The molecule has 6 N–H and O–H groups in total. The van der Waals surface area contributed by atoms with E-state index in [0.717, 1.165) is 0 Å². The van der Waals surface area contributed by atoms with Crippen LogP contribution in [-0.4, -0.2) is 43.8 Å². The van der Waals surface area contributed by atoms with Crippen LogP contribution in [0.25, 0.3) is 0 Å². The van der Waals surface area contributed by atoms with Crippen LogP contribution in [0.5, 0.6) is 0 Å². The maximum Gasteiger partial charge on any atom is 0.322 e. The van der Waals surface area contributed by atoms with Crippen molar-refractivity contribution in [2.45, 2.75) is 25.0 Å². The standard InChI is InChI=1S/C9H14N4O4/c10-6(8(14)15)1-5-2-13(4-12-5)3-7(11)9(16)17/h2,4,6-7H,1,3,10-11H2,(H,14,15)(H,16,17)/t6-,7-/m0/s1. The molecule has 0 spiro atoms. The Hall–Kier alpha value is -1.93. The predicted octanol–water partition coefficient (Wildman–Crippen LogP) is -1.75. The fraction of sp³-hybridized carbons (Fsp3) is 0.444. The van der Waals surface area contributed by atoms with Crippen LogP contribution in [-0.2, 0) is 22.6 Å². The van der Waals surface area contributed by atoms with Gasteiger partial charge in [-0.05, 0) is 0 Å². The molecule has 2 atom stereocenters. The number of rotatable bonds is 6. The van der Waals surface area contributed by atoms with E-state index >= 15 is 0 Å². The van der Waals surface area contributed by atoms with Gasteiger partial charge in [0.05, 0.1) is 12.0 Å². The average molecular weight is 242 g/mol. The second kappa shape index (κ2) is 5.41. The number of nitrogens with zero attached hydrogens (tertiary/aromatic N) is 2. The van der Waals surface area contributed by atoms with Crippen LogP contribution in [0.3, 0.4) is 0 Å². The molecule has 0 amide bonds. The number of carboxylic acids is 2. The van der Waals surface area contributed by atoms with Gasteiger partial charge in [-0.25, -0.2) is 4.98 Å². The quantitative estimate of drug-likeness (QED) is 0.462. The number of hydrogen-bond acceptors (Lipinski definition) is 5. The predicted molar refractivity (Wildman–Crippen MR) is 57.2 cm³/mol. The smallest absolute Gasteiger partial charge is 0.322 e. The van der Waals surface area contributed by atoms with Gasteiger partial charge in [-0.15, -0.1) is 0 Å². The topological polar surface area (TPSA) is 144 Å². The summed E-state index contributed by atoms with van der Waals surface area (Å²) in [6, 6.07) is -2.04. The molecule has 0 bridgehead atoms. The number of aromatic nitrogens is 2. The van der Waals surface area contributed by atoms with Gasteiger partial charge in [0.1, 0.15) is 12.1 Å². The summed E-state index contributed by atoms with van der Waals surface area (Å²) in [5.41, 5.74) is 11.2. The van der Waals surface area contributed by atoms with Crippen molar-refractivity contribution in [3.8, 4) is 0 Å². The minimum atomic E-state index is -1.11. The van der Waals surface area contributed by atoms with Crippen LogP contribution in [0.2, 0.25) is 0 Å². The maximum absolute atomic E-state index is 10.5. The van der Waals surface area contributed by atoms with E-state index < -0.39 is 24.0 Å². The van der Waals surface area contributed by atoms with Crippen molar-refractivity contribution in [1.29, 1.82) is 0 Å². The summed E-state index contributed by atoms with van der Waals surface area (Å²) < 4.78 is 1.49. The number of imidazole rings is 1. The molecular formula is C9H14N4O4. The highest BCUT2D eigenvalue weighted by molar-refractivity contribution is 5.73. The van der Waals surface area contributed by atoms with Crippen molar-refractivity contribution in [2.24, 2.45) is 11.5 Å². The van der Waals surface area contributed by atoms with Crippen molar-refractivity contribution < 1.29 is 19.8 Å². The lowest BCUT2D eigenvalue weighted by molar-refractivity contribution is -0.139. The molecule has 0 unspecified atom stereocenters. The summed E-state index contributed by atoms with van der Waals surface area (Å²) in [4.78, 5) is 25.0. The number of carbonyl (C=O) groups is 2. The Bertz CT molecular complexity index is 380. The third-order valence-corrected chi connectivity index (χ3v) is 2.16. The van der Waals surface area contributed by atoms with Gasteiger partial charge in [0.15, 0.2) is 0 Å². The van der Waals surface area contributed by atoms with E-state index in [0.29, 0.717) is 5.69 Å². The fourth-order valence-corrected chi connectivity index (χ4v) is 1.23. The van der Waals surface area contributed by atoms with Crippen LogP contribution in [0.1, 0.15) is 5.69 Å². The summed E-state index contributed by atoms with van der Waals surface area (Å²) in [6.45, 7) is 0.0741. The Labute approximate surface area is 96.9 Å². The number of nitrogens with two attached hydrogens (primary N) is 2. The van der Waals surface area contributed by atoms with Crippen LogP contribution in [0.15, 0.2) is 12.5 Å². The molecule has 1 rings (SSSR count). The molecule has 0 saturated carbocycles. The second-order valence-electron chi connectivity index (χ2n) is 3.66. The van der Waals surface area contributed by atoms with E-state index in [1.54, 1.807) is 0 Å². The molecular weight excluding hydrogens is 228 g/mol. The highest BCUT2D eigenvalue weighted by Crippen LogP contribution is 2.01. The van der Waals surface area contributed by atoms with Gasteiger partial charge in [-0.2, -0.15) is 0 Å². The molecule has 1 aromatic rings. The summed E-state index contributed by atoms with van der Waals surface area (Å²) >= 11 is 0. The van der Waals surface area contributed by atoms with E-state index in [1.807, 2.05) is 0 Å². The molecule has 17 heavy (non-hydrogen) atoms. The third kappa shape index (κ3) is 3.85. The molecule has 0 saturated heterocycles. The zero-order valence-corrected chi connectivity index (χ0v) is 8.98. The molecule has 0 aromatic carbocycles. The van der Waals surface area contributed by atoms with Crippen LogP contribution in [0.4, 0.5) is 0 Å². The summed E-state index contributed by atoms with van der Waals surface area (Å²) in [6.07, 6.45) is 3.02. The SMILES string of the molecule is N[C@@H](Cc1cn(C[C@H](N)C(=O)O)cn1)C(=O)O. The zero-order valence-electron chi connectivity index (χ0n) is 8.98. The van der Waals surface area contributed by atoms with Gasteiger partial charge in [0.25, 0.3) is 0 Å². The molecule has 0 radical (unpaired) electrons.